The fraction of sp³-hybridized carbons (Fsp3) is 0. The molecule has 1 aromatic carbocycles. The Labute approximate surface area is 102 Å². The van der Waals surface area contributed by atoms with Crippen LogP contribution in [0, 0.1) is 5.82 Å². The summed E-state index contributed by atoms with van der Waals surface area (Å²) in [4.78, 5) is 4.05. The van der Waals surface area contributed by atoms with Crippen LogP contribution in [0.5, 0.6) is 0 Å². The molecule has 0 atom stereocenters. The van der Waals surface area contributed by atoms with Gasteiger partial charge < -0.3 is 0 Å². The summed E-state index contributed by atoms with van der Waals surface area (Å²) < 4.78 is 14.8. The third kappa shape index (κ3) is 1.55. The number of halogens is 4. The monoisotopic (exact) mass is 337 g/mol. The lowest BCUT2D eigenvalue weighted by Crippen LogP contribution is -1.87. The molecule has 0 aliphatic heterocycles. The van der Waals surface area contributed by atoms with Crippen LogP contribution in [0.3, 0.4) is 0 Å². The first-order valence-electron chi connectivity index (χ1n) is 3.69. The minimum Gasteiger partial charge on any atom is -0.253 e. The van der Waals surface area contributed by atoms with Gasteiger partial charge in [-0.2, -0.15) is 0 Å². The van der Waals surface area contributed by atoms with Crippen molar-refractivity contribution in [1.29, 1.82) is 0 Å². The highest BCUT2D eigenvalue weighted by molar-refractivity contribution is 9.13. The Morgan fingerprint density at radius 2 is 2.00 bits per heavy atom. The molecule has 0 fully saturated rings. The Kier molecular flexibility index (Phi) is 2.77. The van der Waals surface area contributed by atoms with E-state index in [-0.39, 0.29) is 5.82 Å². The van der Waals surface area contributed by atoms with Crippen molar-refractivity contribution < 1.29 is 4.39 Å². The number of rotatable bonds is 0. The summed E-state index contributed by atoms with van der Waals surface area (Å²) in [6.07, 6.45) is 1.58. The quantitative estimate of drug-likeness (QED) is 0.686. The average Bonchev–Trinajstić information content (AvgIpc) is 2.16. The molecule has 72 valence electrons. The number of hydrogen-bond donors (Lipinski definition) is 0. The van der Waals surface area contributed by atoms with Gasteiger partial charge in [0.05, 0.1) is 20.4 Å². The van der Waals surface area contributed by atoms with E-state index >= 15 is 0 Å². The predicted molar refractivity (Wildman–Crippen MR) is 62.1 cm³/mol. The highest BCUT2D eigenvalue weighted by Crippen LogP contribution is 2.34. The Balaban J connectivity index is 3.01. The third-order valence-electron chi connectivity index (χ3n) is 1.81. The molecule has 1 aromatic heterocycles. The van der Waals surface area contributed by atoms with Gasteiger partial charge in [-0.15, -0.1) is 0 Å². The number of pyridine rings is 1. The molecule has 0 bridgehead atoms. The zero-order chi connectivity index (χ0) is 10.3. The smallest absolute Gasteiger partial charge is 0.133 e. The molecule has 0 amide bonds. The van der Waals surface area contributed by atoms with Gasteiger partial charge in [0.25, 0.3) is 0 Å². The molecule has 5 heteroatoms. The highest BCUT2D eigenvalue weighted by Gasteiger charge is 2.11. The van der Waals surface area contributed by atoms with Crippen molar-refractivity contribution in [1.82, 2.24) is 4.98 Å². The number of aromatic nitrogens is 1. The van der Waals surface area contributed by atoms with Gasteiger partial charge in [0, 0.05) is 10.7 Å². The van der Waals surface area contributed by atoms with E-state index in [1.54, 1.807) is 6.20 Å². The van der Waals surface area contributed by atoms with Crippen LogP contribution in [0.25, 0.3) is 10.9 Å². The fourth-order valence-electron chi connectivity index (χ4n) is 1.17. The Morgan fingerprint density at radius 1 is 1.29 bits per heavy atom. The van der Waals surface area contributed by atoms with Crippen LogP contribution in [-0.2, 0) is 0 Å². The van der Waals surface area contributed by atoms with Crippen LogP contribution in [0.2, 0.25) is 5.02 Å². The van der Waals surface area contributed by atoms with Gasteiger partial charge in [-0.1, -0.05) is 11.6 Å². The lowest BCUT2D eigenvalue weighted by Gasteiger charge is -2.04. The molecule has 0 saturated carbocycles. The van der Waals surface area contributed by atoms with E-state index in [1.807, 2.05) is 0 Å². The van der Waals surface area contributed by atoms with E-state index in [0.29, 0.717) is 24.9 Å². The topological polar surface area (TPSA) is 12.9 Å². The van der Waals surface area contributed by atoms with Crippen molar-refractivity contribution in [2.45, 2.75) is 0 Å². The highest BCUT2D eigenvalue weighted by atomic mass is 79.9. The number of nitrogens with zero attached hydrogens (tertiary/aromatic N) is 1. The van der Waals surface area contributed by atoms with Crippen molar-refractivity contribution in [3.8, 4) is 0 Å². The van der Waals surface area contributed by atoms with Gasteiger partial charge in [-0.3, -0.25) is 4.98 Å². The standard InChI is InChI=1S/C9H3Br2ClFN/c10-4-3-14-9-5(12)1-2-6(13)7(9)8(4)11/h1-3H. The summed E-state index contributed by atoms with van der Waals surface area (Å²) in [6.45, 7) is 0. The van der Waals surface area contributed by atoms with Crippen LogP contribution < -0.4 is 0 Å². The van der Waals surface area contributed by atoms with E-state index in [9.17, 15) is 4.39 Å². The van der Waals surface area contributed by atoms with E-state index in [4.69, 9.17) is 11.6 Å². The Hall–Kier alpha value is -0.190. The number of benzene rings is 1. The van der Waals surface area contributed by atoms with Crippen molar-refractivity contribution in [3.05, 3.63) is 38.1 Å². The molecule has 14 heavy (non-hydrogen) atoms. The first-order chi connectivity index (χ1) is 6.61. The third-order valence-corrected chi connectivity index (χ3v) is 4.08. The Bertz CT molecular complexity index is 516. The summed E-state index contributed by atoms with van der Waals surface area (Å²) in [7, 11) is 0. The first-order valence-corrected chi connectivity index (χ1v) is 5.65. The van der Waals surface area contributed by atoms with E-state index in [1.165, 1.54) is 12.1 Å². The van der Waals surface area contributed by atoms with E-state index in [2.05, 4.69) is 36.8 Å². The molecule has 0 spiro atoms. The molecule has 0 aliphatic rings. The molecule has 0 aliphatic carbocycles. The normalized spacial score (nSPS) is 10.9. The Morgan fingerprint density at radius 3 is 2.71 bits per heavy atom. The molecule has 0 N–H and O–H groups in total. The first kappa shape index (κ1) is 10.3. The van der Waals surface area contributed by atoms with Crippen molar-refractivity contribution in [2.24, 2.45) is 0 Å². The number of fused-ring (bicyclic) bond motifs is 1. The molecular weight excluding hydrogens is 336 g/mol. The molecule has 0 saturated heterocycles. The van der Waals surface area contributed by atoms with E-state index < -0.39 is 0 Å². The van der Waals surface area contributed by atoms with Gasteiger partial charge in [0.15, 0.2) is 0 Å². The molecule has 1 heterocycles. The molecular formula is C9H3Br2ClFN. The summed E-state index contributed by atoms with van der Waals surface area (Å²) >= 11 is 12.4. The summed E-state index contributed by atoms with van der Waals surface area (Å²) in [5.74, 6) is -0.343. The fourth-order valence-corrected chi connectivity index (χ4v) is 2.16. The van der Waals surface area contributed by atoms with E-state index in [0.717, 1.165) is 0 Å². The number of hydrogen-bond acceptors (Lipinski definition) is 1. The molecule has 0 unspecified atom stereocenters. The predicted octanol–water partition coefficient (Wildman–Crippen LogP) is 4.55. The van der Waals surface area contributed by atoms with Gasteiger partial charge in [-0.05, 0) is 44.0 Å². The second kappa shape index (κ2) is 3.76. The summed E-state index contributed by atoms with van der Waals surface area (Å²) in [5.41, 5.74) is 0.460. The summed E-state index contributed by atoms with van der Waals surface area (Å²) in [5, 5.41) is 0.835. The lowest BCUT2D eigenvalue weighted by atomic mass is 10.2. The van der Waals surface area contributed by atoms with Crippen LogP contribution in [0.1, 0.15) is 0 Å². The maximum absolute atomic E-state index is 13.5. The minimum atomic E-state index is -0.343. The van der Waals surface area contributed by atoms with Gasteiger partial charge >= 0.3 is 0 Å². The molecule has 2 aromatic rings. The summed E-state index contributed by atoms with van der Waals surface area (Å²) in [6, 6.07) is 2.82. The zero-order valence-corrected chi connectivity index (χ0v) is 10.6. The second-order valence-corrected chi connectivity index (χ2v) is 4.73. The molecule has 1 nitrogen and oxygen atoms in total. The van der Waals surface area contributed by atoms with Crippen molar-refractivity contribution in [3.63, 3.8) is 0 Å². The maximum Gasteiger partial charge on any atom is 0.133 e. The lowest BCUT2D eigenvalue weighted by molar-refractivity contribution is 0.639. The zero-order valence-electron chi connectivity index (χ0n) is 6.69. The van der Waals surface area contributed by atoms with Crippen LogP contribution in [0.4, 0.5) is 4.39 Å². The minimum absolute atomic E-state index is 0.343. The molecule has 0 radical (unpaired) electrons. The van der Waals surface area contributed by atoms with Crippen LogP contribution in [-0.4, -0.2) is 4.98 Å². The SMILES string of the molecule is Fc1ccc(Cl)c2ncc(Br)c(Br)c12. The molecule has 2 rings (SSSR count). The van der Waals surface area contributed by atoms with Crippen LogP contribution >= 0.6 is 43.5 Å². The van der Waals surface area contributed by atoms with Gasteiger partial charge in [0.1, 0.15) is 5.82 Å². The van der Waals surface area contributed by atoms with Crippen molar-refractivity contribution in [2.75, 3.05) is 0 Å². The average molecular weight is 339 g/mol. The largest absolute Gasteiger partial charge is 0.253 e. The van der Waals surface area contributed by atoms with Crippen molar-refractivity contribution >= 4 is 54.4 Å². The van der Waals surface area contributed by atoms with Crippen LogP contribution in [0.15, 0.2) is 27.3 Å². The second-order valence-electron chi connectivity index (χ2n) is 2.67. The maximum atomic E-state index is 13.5. The van der Waals surface area contributed by atoms with Gasteiger partial charge in [-0.25, -0.2) is 4.39 Å². The van der Waals surface area contributed by atoms with Gasteiger partial charge in [0.2, 0.25) is 0 Å².